The minimum atomic E-state index is -0.978. The highest BCUT2D eigenvalue weighted by molar-refractivity contribution is 6.17. The summed E-state index contributed by atoms with van der Waals surface area (Å²) in [5, 5.41) is 13.9. The topological polar surface area (TPSA) is 55.1 Å². The Kier molecular flexibility index (Phi) is 2.60. The first-order valence-electron chi connectivity index (χ1n) is 4.49. The molecule has 0 radical (unpaired) electrons. The fourth-order valence-corrected chi connectivity index (χ4v) is 1.71. The van der Waals surface area contributed by atoms with Gasteiger partial charge in [-0.05, 0) is 6.07 Å². The quantitative estimate of drug-likeness (QED) is 0.811. The normalized spacial score (nSPS) is 10.7. The first-order valence-corrected chi connectivity index (χ1v) is 5.02. The molecule has 0 atom stereocenters. The van der Waals surface area contributed by atoms with Crippen molar-refractivity contribution < 1.29 is 9.90 Å². The van der Waals surface area contributed by atoms with Crippen LogP contribution >= 0.6 is 11.6 Å². The van der Waals surface area contributed by atoms with Crippen molar-refractivity contribution in [2.24, 2.45) is 0 Å². The lowest BCUT2D eigenvalue weighted by Gasteiger charge is -2.00. The molecule has 0 unspecified atom stereocenters. The van der Waals surface area contributed by atoms with Crippen molar-refractivity contribution in [2.75, 3.05) is 5.88 Å². The van der Waals surface area contributed by atoms with Gasteiger partial charge in [0.1, 0.15) is 0 Å². The third kappa shape index (κ3) is 1.68. The second-order valence-corrected chi connectivity index (χ2v) is 3.46. The molecule has 1 aromatic heterocycles. The van der Waals surface area contributed by atoms with E-state index < -0.39 is 5.97 Å². The van der Waals surface area contributed by atoms with E-state index in [4.69, 9.17) is 16.7 Å². The van der Waals surface area contributed by atoms with E-state index in [9.17, 15) is 4.79 Å². The number of aryl methyl sites for hydroxylation is 1. The van der Waals surface area contributed by atoms with Crippen molar-refractivity contribution in [3.63, 3.8) is 0 Å². The molecule has 0 fully saturated rings. The molecule has 0 aliphatic heterocycles. The number of hydrogen-bond acceptors (Lipinski definition) is 2. The number of fused-ring (bicyclic) bond motifs is 1. The Labute approximate surface area is 91.1 Å². The third-order valence-electron chi connectivity index (χ3n) is 2.14. The number of benzene rings is 1. The predicted octanol–water partition coefficient (Wildman–Crippen LogP) is 1.97. The van der Waals surface area contributed by atoms with Gasteiger partial charge in [0.05, 0.1) is 12.1 Å². The van der Waals surface area contributed by atoms with Crippen LogP contribution in [0.2, 0.25) is 0 Å². The van der Waals surface area contributed by atoms with Crippen LogP contribution in [0.15, 0.2) is 24.3 Å². The Morgan fingerprint density at radius 2 is 2.20 bits per heavy atom. The molecule has 0 saturated carbocycles. The minimum absolute atomic E-state index is 0.200. The molecule has 5 heteroatoms. The van der Waals surface area contributed by atoms with E-state index >= 15 is 0 Å². The lowest BCUT2D eigenvalue weighted by atomic mass is 10.2. The number of carbonyl (C=O) groups is 1. The van der Waals surface area contributed by atoms with Crippen LogP contribution in [0.3, 0.4) is 0 Å². The van der Waals surface area contributed by atoms with Gasteiger partial charge in [0, 0.05) is 11.3 Å². The van der Waals surface area contributed by atoms with Crippen LogP contribution < -0.4 is 0 Å². The molecule has 0 spiro atoms. The van der Waals surface area contributed by atoms with Crippen LogP contribution in [-0.2, 0) is 6.54 Å². The maximum Gasteiger partial charge on any atom is 0.354 e. The highest BCUT2D eigenvalue weighted by Crippen LogP contribution is 2.18. The second kappa shape index (κ2) is 3.90. The van der Waals surface area contributed by atoms with Gasteiger partial charge in [-0.2, -0.15) is 5.10 Å². The summed E-state index contributed by atoms with van der Waals surface area (Å²) < 4.78 is 1.43. The highest BCUT2D eigenvalue weighted by atomic mass is 35.5. The summed E-state index contributed by atoms with van der Waals surface area (Å²) >= 11 is 5.59. The minimum Gasteiger partial charge on any atom is -0.477 e. The summed E-state index contributed by atoms with van der Waals surface area (Å²) in [5.74, 6) is -0.636. The molecule has 1 heterocycles. The molecule has 0 aliphatic carbocycles. The van der Waals surface area contributed by atoms with Crippen LogP contribution in [0.4, 0.5) is 0 Å². The first-order chi connectivity index (χ1) is 7.24. The van der Waals surface area contributed by atoms with Gasteiger partial charge >= 0.3 is 5.97 Å². The SMILES string of the molecule is O=C(O)c1c2ccccc2nn1CCCl. The van der Waals surface area contributed by atoms with Gasteiger partial charge in [-0.15, -0.1) is 11.6 Å². The monoisotopic (exact) mass is 224 g/mol. The molecule has 0 aliphatic rings. The average Bonchev–Trinajstić information content (AvgIpc) is 2.56. The smallest absolute Gasteiger partial charge is 0.354 e. The van der Waals surface area contributed by atoms with Gasteiger partial charge in [0.15, 0.2) is 5.69 Å². The van der Waals surface area contributed by atoms with Crippen LogP contribution in [0, 0.1) is 0 Å². The summed E-state index contributed by atoms with van der Waals surface area (Å²) in [4.78, 5) is 11.1. The van der Waals surface area contributed by atoms with Gasteiger partial charge in [0.25, 0.3) is 0 Å². The average molecular weight is 225 g/mol. The lowest BCUT2D eigenvalue weighted by Crippen LogP contribution is -2.10. The second-order valence-electron chi connectivity index (χ2n) is 3.08. The van der Waals surface area contributed by atoms with Crippen LogP contribution in [0.25, 0.3) is 10.9 Å². The molecule has 4 nitrogen and oxygen atoms in total. The predicted molar refractivity (Wildman–Crippen MR) is 57.4 cm³/mol. The van der Waals surface area contributed by atoms with Crippen LogP contribution in [0.5, 0.6) is 0 Å². The first kappa shape index (κ1) is 9.98. The lowest BCUT2D eigenvalue weighted by molar-refractivity contribution is 0.0686. The number of hydrogen-bond donors (Lipinski definition) is 1. The number of rotatable bonds is 3. The van der Waals surface area contributed by atoms with E-state index in [-0.39, 0.29) is 5.69 Å². The van der Waals surface area contributed by atoms with Crippen molar-refractivity contribution in [1.82, 2.24) is 9.78 Å². The van der Waals surface area contributed by atoms with E-state index in [1.165, 1.54) is 4.68 Å². The van der Waals surface area contributed by atoms with Gasteiger partial charge in [-0.1, -0.05) is 18.2 Å². The summed E-state index contributed by atoms with van der Waals surface area (Å²) in [6.07, 6.45) is 0. The zero-order valence-electron chi connectivity index (χ0n) is 7.85. The summed E-state index contributed by atoms with van der Waals surface area (Å²) in [7, 11) is 0. The van der Waals surface area contributed by atoms with Crippen molar-refractivity contribution in [1.29, 1.82) is 0 Å². The van der Waals surface area contributed by atoms with Crippen molar-refractivity contribution in [3.05, 3.63) is 30.0 Å². The Hall–Kier alpha value is -1.55. The number of carboxylic acid groups (broad SMARTS) is 1. The Morgan fingerprint density at radius 3 is 2.87 bits per heavy atom. The van der Waals surface area contributed by atoms with E-state index in [1.54, 1.807) is 18.2 Å². The van der Waals surface area contributed by atoms with Crippen molar-refractivity contribution in [2.45, 2.75) is 6.54 Å². The van der Waals surface area contributed by atoms with Gasteiger partial charge in [-0.3, -0.25) is 4.68 Å². The number of carboxylic acids is 1. The van der Waals surface area contributed by atoms with Crippen molar-refractivity contribution in [3.8, 4) is 0 Å². The number of aromatic nitrogens is 2. The fourth-order valence-electron chi connectivity index (χ4n) is 1.55. The summed E-state index contributed by atoms with van der Waals surface area (Å²) in [5.41, 5.74) is 0.881. The van der Waals surface area contributed by atoms with Crippen LogP contribution in [-0.4, -0.2) is 26.7 Å². The maximum absolute atomic E-state index is 11.1. The molecule has 1 N–H and O–H groups in total. The van der Waals surface area contributed by atoms with E-state index in [2.05, 4.69) is 5.10 Å². The molecule has 15 heavy (non-hydrogen) atoms. The number of alkyl halides is 1. The zero-order valence-corrected chi connectivity index (χ0v) is 8.61. The Bertz CT molecular complexity index is 507. The highest BCUT2D eigenvalue weighted by Gasteiger charge is 2.16. The molecule has 2 rings (SSSR count). The maximum atomic E-state index is 11.1. The Morgan fingerprint density at radius 1 is 1.47 bits per heavy atom. The molecule has 0 amide bonds. The summed E-state index contributed by atoms with van der Waals surface area (Å²) in [6.45, 7) is 0.401. The number of halogens is 1. The van der Waals surface area contributed by atoms with E-state index in [1.807, 2.05) is 6.07 Å². The molecule has 78 valence electrons. The van der Waals surface area contributed by atoms with Gasteiger partial charge < -0.3 is 5.11 Å². The molecular weight excluding hydrogens is 216 g/mol. The zero-order chi connectivity index (χ0) is 10.8. The van der Waals surface area contributed by atoms with E-state index in [0.29, 0.717) is 23.3 Å². The molecular formula is C10H9ClN2O2. The van der Waals surface area contributed by atoms with Gasteiger partial charge in [-0.25, -0.2) is 4.79 Å². The van der Waals surface area contributed by atoms with Gasteiger partial charge in [0.2, 0.25) is 0 Å². The van der Waals surface area contributed by atoms with Crippen molar-refractivity contribution >= 4 is 28.5 Å². The largest absolute Gasteiger partial charge is 0.477 e. The fraction of sp³-hybridized carbons (Fsp3) is 0.200. The number of nitrogens with zero attached hydrogens (tertiary/aromatic N) is 2. The standard InChI is InChI=1S/C10H9ClN2O2/c11-5-6-13-9(10(14)15)7-3-1-2-4-8(7)12-13/h1-4H,5-6H2,(H,14,15). The molecule has 0 saturated heterocycles. The molecule has 2 aromatic rings. The molecule has 1 aromatic carbocycles. The third-order valence-corrected chi connectivity index (χ3v) is 2.31. The molecule has 0 bridgehead atoms. The van der Waals surface area contributed by atoms with Crippen LogP contribution in [0.1, 0.15) is 10.5 Å². The Balaban J connectivity index is 2.69. The summed E-state index contributed by atoms with van der Waals surface area (Å²) in [6, 6.07) is 7.15. The van der Waals surface area contributed by atoms with E-state index in [0.717, 1.165) is 0 Å². The number of aromatic carboxylic acids is 1.